The average Bonchev–Trinajstić information content (AvgIpc) is 3.52. The van der Waals surface area contributed by atoms with Crippen molar-refractivity contribution in [3.8, 4) is 34.1 Å². The Morgan fingerprint density at radius 3 is 1.85 bits per heavy atom. The van der Waals surface area contributed by atoms with Gasteiger partial charge in [-0.25, -0.2) is 0 Å². The molecule has 0 aliphatic carbocycles. The molecule has 0 spiro atoms. The summed E-state index contributed by atoms with van der Waals surface area (Å²) in [5.41, 5.74) is 11.2. The molecule has 0 saturated heterocycles. The third kappa shape index (κ3) is 4.04. The van der Waals surface area contributed by atoms with E-state index in [2.05, 4.69) is 139 Å². The van der Waals surface area contributed by atoms with Crippen LogP contribution in [0.25, 0.3) is 33.1 Å². The number of aryl methyl sites for hydroxylation is 1. The first-order chi connectivity index (χ1) is 23.7. The maximum absolute atomic E-state index is 6.78. The van der Waals surface area contributed by atoms with Crippen LogP contribution in [0, 0.1) is 6.92 Å². The number of rotatable bonds is 4. The second-order valence-corrected chi connectivity index (χ2v) is 12.5. The fraction of sp³-hybridized carbons (Fsp3) is 0.0233. The van der Waals surface area contributed by atoms with Crippen molar-refractivity contribution >= 4 is 62.1 Å². The predicted molar refractivity (Wildman–Crippen MR) is 196 cm³/mol. The number of benzene rings is 7. The lowest BCUT2D eigenvalue weighted by atomic mass is 9.35. The van der Waals surface area contributed by atoms with Gasteiger partial charge in [-0.15, -0.1) is 0 Å². The number of nitrogens with zero attached hydrogens (tertiary/aromatic N) is 1. The summed E-state index contributed by atoms with van der Waals surface area (Å²) in [5, 5.41) is 2.15. The summed E-state index contributed by atoms with van der Waals surface area (Å²) in [4.78, 5) is 2.30. The van der Waals surface area contributed by atoms with Crippen LogP contribution in [0.3, 0.4) is 0 Å². The Kier molecular flexibility index (Phi) is 5.85. The minimum absolute atomic E-state index is 0.00506. The second-order valence-electron chi connectivity index (χ2n) is 12.5. The van der Waals surface area contributed by atoms with E-state index in [-0.39, 0.29) is 6.71 Å². The molecule has 0 amide bonds. The molecule has 5 heteroatoms. The molecule has 0 atom stereocenters. The number of furan rings is 1. The van der Waals surface area contributed by atoms with E-state index in [1.54, 1.807) is 0 Å². The Morgan fingerprint density at radius 2 is 1.15 bits per heavy atom. The van der Waals surface area contributed by atoms with Crippen molar-refractivity contribution in [1.29, 1.82) is 0 Å². The summed E-state index contributed by atoms with van der Waals surface area (Å²) in [6, 6.07) is 52.8. The second kappa shape index (κ2) is 10.4. The van der Waals surface area contributed by atoms with Crippen molar-refractivity contribution < 1.29 is 13.9 Å². The van der Waals surface area contributed by atoms with Crippen LogP contribution in [-0.4, -0.2) is 6.71 Å². The van der Waals surface area contributed by atoms with Gasteiger partial charge < -0.3 is 18.8 Å². The Hall–Kier alpha value is -6.20. The first-order valence-corrected chi connectivity index (χ1v) is 16.3. The third-order valence-corrected chi connectivity index (χ3v) is 9.66. The Bertz CT molecular complexity index is 2470. The van der Waals surface area contributed by atoms with Gasteiger partial charge in [-0.05, 0) is 59.8 Å². The number of hydrogen-bond acceptors (Lipinski definition) is 4. The van der Waals surface area contributed by atoms with Gasteiger partial charge in [0.25, 0.3) is 6.71 Å². The van der Waals surface area contributed by atoms with Crippen LogP contribution in [0.15, 0.2) is 156 Å². The summed E-state index contributed by atoms with van der Waals surface area (Å²) in [6.07, 6.45) is 0. The minimum Gasteiger partial charge on any atom is -0.458 e. The van der Waals surface area contributed by atoms with E-state index < -0.39 is 0 Å². The first-order valence-electron chi connectivity index (χ1n) is 16.3. The van der Waals surface area contributed by atoms with E-state index in [9.17, 15) is 0 Å². The van der Waals surface area contributed by atoms with Crippen LogP contribution in [0.2, 0.25) is 0 Å². The predicted octanol–water partition coefficient (Wildman–Crippen LogP) is 9.76. The molecule has 226 valence electrons. The lowest BCUT2D eigenvalue weighted by Gasteiger charge is -2.35. The zero-order valence-electron chi connectivity index (χ0n) is 26.2. The van der Waals surface area contributed by atoms with Gasteiger partial charge in [0.2, 0.25) is 0 Å². The van der Waals surface area contributed by atoms with Crippen LogP contribution in [0.5, 0.6) is 23.0 Å². The van der Waals surface area contributed by atoms with Crippen molar-refractivity contribution in [2.24, 2.45) is 0 Å². The monoisotopic (exact) mass is 617 g/mol. The molecule has 4 nitrogen and oxygen atoms in total. The molecule has 8 aromatic rings. The minimum atomic E-state index is 0.00506. The van der Waals surface area contributed by atoms with Gasteiger partial charge in [-0.2, -0.15) is 0 Å². The summed E-state index contributed by atoms with van der Waals surface area (Å²) < 4.78 is 20.3. The average molecular weight is 618 g/mol. The zero-order valence-corrected chi connectivity index (χ0v) is 26.2. The van der Waals surface area contributed by atoms with Gasteiger partial charge in [0.1, 0.15) is 28.6 Å². The fourth-order valence-corrected chi connectivity index (χ4v) is 7.46. The molecule has 7 aromatic carbocycles. The highest BCUT2D eigenvalue weighted by atomic mass is 16.5. The topological polar surface area (TPSA) is 34.8 Å². The molecule has 2 aliphatic heterocycles. The summed E-state index contributed by atoms with van der Waals surface area (Å²) >= 11 is 0. The van der Waals surface area contributed by atoms with Crippen molar-refractivity contribution in [1.82, 2.24) is 0 Å². The zero-order chi connectivity index (χ0) is 31.8. The lowest BCUT2D eigenvalue weighted by Crippen LogP contribution is -2.57. The highest BCUT2D eigenvalue weighted by Crippen LogP contribution is 2.49. The van der Waals surface area contributed by atoms with Gasteiger partial charge in [-0.3, -0.25) is 0 Å². The van der Waals surface area contributed by atoms with Gasteiger partial charge in [-0.1, -0.05) is 109 Å². The van der Waals surface area contributed by atoms with Crippen LogP contribution in [-0.2, 0) is 0 Å². The van der Waals surface area contributed by atoms with Crippen molar-refractivity contribution in [2.75, 3.05) is 4.90 Å². The van der Waals surface area contributed by atoms with Crippen molar-refractivity contribution in [3.05, 3.63) is 157 Å². The van der Waals surface area contributed by atoms with Gasteiger partial charge in [0.15, 0.2) is 5.58 Å². The molecule has 0 fully saturated rings. The van der Waals surface area contributed by atoms with Crippen LogP contribution < -0.4 is 30.8 Å². The molecular weight excluding hydrogens is 589 g/mol. The highest BCUT2D eigenvalue weighted by molar-refractivity contribution is 6.98. The first kappa shape index (κ1) is 27.0. The number of hydrogen-bond donors (Lipinski definition) is 0. The molecule has 10 rings (SSSR count). The van der Waals surface area contributed by atoms with Crippen molar-refractivity contribution in [2.45, 2.75) is 6.92 Å². The highest BCUT2D eigenvalue weighted by Gasteiger charge is 2.40. The number of fused-ring (bicyclic) bond motifs is 7. The molecule has 1 aromatic heterocycles. The van der Waals surface area contributed by atoms with E-state index in [4.69, 9.17) is 13.9 Å². The number of ether oxygens (including phenoxy) is 2. The molecule has 0 radical (unpaired) electrons. The maximum atomic E-state index is 6.78. The molecule has 0 saturated carbocycles. The van der Waals surface area contributed by atoms with Crippen LogP contribution in [0.4, 0.5) is 17.1 Å². The van der Waals surface area contributed by atoms with Crippen LogP contribution >= 0.6 is 0 Å². The Labute approximate surface area is 278 Å². The van der Waals surface area contributed by atoms with E-state index in [1.807, 2.05) is 24.3 Å². The fourth-order valence-electron chi connectivity index (χ4n) is 7.46. The smallest absolute Gasteiger partial charge is 0.260 e. The molecule has 2 aliphatic rings. The lowest BCUT2D eigenvalue weighted by molar-refractivity contribution is 0.465. The van der Waals surface area contributed by atoms with E-state index in [0.29, 0.717) is 0 Å². The summed E-state index contributed by atoms with van der Waals surface area (Å²) in [5.74, 6) is 3.30. The maximum Gasteiger partial charge on any atom is 0.260 e. The van der Waals surface area contributed by atoms with E-state index in [0.717, 1.165) is 89.5 Å². The quantitative estimate of drug-likeness (QED) is 0.184. The van der Waals surface area contributed by atoms with E-state index >= 15 is 0 Å². The standard InChI is InChI=1S/C43H28BNO3/c1-27-19-21-29(22-20-27)45(42-31(28-11-3-2-4-12-28)23-24-33-32-13-5-8-16-36(32)48-43(33)42)30-25-39-41-40(26-30)47-38-18-10-7-15-35(38)44(41)34-14-6-9-17-37(34)46-39/h2-26H,1H3. The van der Waals surface area contributed by atoms with Crippen LogP contribution in [0.1, 0.15) is 5.56 Å². The Balaban J connectivity index is 1.29. The molecule has 3 heterocycles. The summed E-state index contributed by atoms with van der Waals surface area (Å²) in [6.45, 7) is 2.12. The molecule has 48 heavy (non-hydrogen) atoms. The Morgan fingerprint density at radius 1 is 0.521 bits per heavy atom. The van der Waals surface area contributed by atoms with Gasteiger partial charge in [0, 0.05) is 39.6 Å². The van der Waals surface area contributed by atoms with Gasteiger partial charge >= 0.3 is 0 Å². The normalized spacial score (nSPS) is 12.6. The van der Waals surface area contributed by atoms with E-state index in [1.165, 1.54) is 5.56 Å². The van der Waals surface area contributed by atoms with Gasteiger partial charge in [0.05, 0.1) is 11.4 Å². The number of anilines is 3. The number of para-hydroxylation sites is 3. The molecule has 0 unspecified atom stereocenters. The summed E-state index contributed by atoms with van der Waals surface area (Å²) in [7, 11) is 0. The largest absolute Gasteiger partial charge is 0.458 e. The molecule has 0 bridgehead atoms. The SMILES string of the molecule is Cc1ccc(N(c2cc3c4c(c2)Oc2ccccc2B4c2ccccc2O3)c2c(-c3ccccc3)ccc3c2oc2ccccc23)cc1. The van der Waals surface area contributed by atoms with Crippen molar-refractivity contribution in [3.63, 3.8) is 0 Å². The third-order valence-electron chi connectivity index (χ3n) is 9.66. The molecule has 0 N–H and O–H groups in total. The molecular formula is C43H28BNO3.